The Hall–Kier alpha value is -3.53. The zero-order chi connectivity index (χ0) is 20.3. The summed E-state index contributed by atoms with van der Waals surface area (Å²) in [6.07, 6.45) is 2.78. The SMILES string of the molecule is O=C(NC[C@H](c1ccccc1)c1c[nH]c2ccccc12)[C@@H]1COc2ccccc2C1. The Kier molecular flexibility index (Phi) is 4.98. The van der Waals surface area contributed by atoms with Crippen molar-refractivity contribution in [2.24, 2.45) is 5.92 Å². The van der Waals surface area contributed by atoms with Crippen LogP contribution in [-0.2, 0) is 11.2 Å². The van der Waals surface area contributed by atoms with Gasteiger partial charge in [-0.15, -0.1) is 0 Å². The number of aromatic amines is 1. The minimum Gasteiger partial charge on any atom is -0.492 e. The number of H-pyrrole nitrogens is 1. The van der Waals surface area contributed by atoms with Gasteiger partial charge in [0.15, 0.2) is 0 Å². The molecule has 0 saturated heterocycles. The first kappa shape index (κ1) is 18.5. The summed E-state index contributed by atoms with van der Waals surface area (Å²) in [5.41, 5.74) is 4.59. The maximum absolute atomic E-state index is 13.0. The van der Waals surface area contributed by atoms with Gasteiger partial charge < -0.3 is 15.0 Å². The van der Waals surface area contributed by atoms with Crippen LogP contribution < -0.4 is 10.1 Å². The fraction of sp³-hybridized carbons (Fsp3) is 0.192. The van der Waals surface area contributed by atoms with Crippen molar-refractivity contribution in [3.05, 3.63) is 102 Å². The van der Waals surface area contributed by atoms with Gasteiger partial charge in [-0.3, -0.25) is 4.79 Å². The van der Waals surface area contributed by atoms with E-state index in [1.165, 1.54) is 16.5 Å². The molecule has 0 unspecified atom stereocenters. The summed E-state index contributed by atoms with van der Waals surface area (Å²) in [5, 5.41) is 4.39. The molecule has 1 aromatic heterocycles. The van der Waals surface area contributed by atoms with Crippen LogP contribution in [0.3, 0.4) is 0 Å². The molecule has 4 aromatic rings. The molecule has 4 heteroatoms. The van der Waals surface area contributed by atoms with Crippen molar-refractivity contribution in [2.75, 3.05) is 13.2 Å². The second-order valence-corrected chi connectivity index (χ2v) is 7.82. The third kappa shape index (κ3) is 3.57. The third-order valence-electron chi connectivity index (χ3n) is 5.93. The molecule has 1 aliphatic heterocycles. The molecular formula is C26H24N2O2. The minimum absolute atomic E-state index is 0.0466. The summed E-state index contributed by atoms with van der Waals surface area (Å²) >= 11 is 0. The van der Waals surface area contributed by atoms with Crippen molar-refractivity contribution in [3.63, 3.8) is 0 Å². The molecule has 0 saturated carbocycles. The normalized spacial score (nSPS) is 16.5. The largest absolute Gasteiger partial charge is 0.492 e. The Morgan fingerprint density at radius 1 is 1.00 bits per heavy atom. The van der Waals surface area contributed by atoms with Crippen molar-refractivity contribution in [1.29, 1.82) is 0 Å². The van der Waals surface area contributed by atoms with E-state index in [2.05, 4.69) is 46.8 Å². The van der Waals surface area contributed by atoms with Crippen LogP contribution in [0.4, 0.5) is 0 Å². The van der Waals surface area contributed by atoms with Crippen molar-refractivity contribution < 1.29 is 9.53 Å². The van der Waals surface area contributed by atoms with Gasteiger partial charge in [0.05, 0.1) is 5.92 Å². The molecule has 30 heavy (non-hydrogen) atoms. The fourth-order valence-corrected chi connectivity index (χ4v) is 4.32. The summed E-state index contributed by atoms with van der Waals surface area (Å²) in [6, 6.07) is 26.6. The van der Waals surface area contributed by atoms with Gasteiger partial charge in [-0.25, -0.2) is 0 Å². The summed E-state index contributed by atoms with van der Waals surface area (Å²) in [4.78, 5) is 16.3. The van der Waals surface area contributed by atoms with E-state index in [-0.39, 0.29) is 17.7 Å². The van der Waals surface area contributed by atoms with Crippen molar-refractivity contribution in [3.8, 4) is 5.75 Å². The van der Waals surface area contributed by atoms with Crippen LogP contribution in [0.5, 0.6) is 5.75 Å². The summed E-state index contributed by atoms with van der Waals surface area (Å²) < 4.78 is 5.81. The molecule has 2 atom stereocenters. The molecule has 0 fully saturated rings. The van der Waals surface area contributed by atoms with E-state index in [1.54, 1.807) is 0 Å². The van der Waals surface area contributed by atoms with Crippen LogP contribution >= 0.6 is 0 Å². The Balaban J connectivity index is 1.37. The van der Waals surface area contributed by atoms with E-state index >= 15 is 0 Å². The number of benzene rings is 3. The van der Waals surface area contributed by atoms with Gasteiger partial charge in [-0.1, -0.05) is 66.7 Å². The number of amides is 1. The number of ether oxygens (including phenoxy) is 1. The second kappa shape index (κ2) is 8.07. The lowest BCUT2D eigenvalue weighted by Gasteiger charge is -2.25. The molecule has 4 nitrogen and oxygen atoms in total. The van der Waals surface area contributed by atoms with Gasteiger partial charge in [0, 0.05) is 29.6 Å². The van der Waals surface area contributed by atoms with E-state index in [0.29, 0.717) is 19.6 Å². The number of carbonyl (C=O) groups is 1. The topological polar surface area (TPSA) is 54.1 Å². The molecular weight excluding hydrogens is 372 g/mol. The molecule has 3 aromatic carbocycles. The first-order valence-electron chi connectivity index (χ1n) is 10.4. The van der Waals surface area contributed by atoms with Crippen LogP contribution in [0.1, 0.15) is 22.6 Å². The average Bonchev–Trinajstić information content (AvgIpc) is 3.23. The molecule has 0 aliphatic carbocycles. The second-order valence-electron chi connectivity index (χ2n) is 7.82. The smallest absolute Gasteiger partial charge is 0.226 e. The highest BCUT2D eigenvalue weighted by molar-refractivity contribution is 5.84. The highest BCUT2D eigenvalue weighted by Gasteiger charge is 2.27. The number of fused-ring (bicyclic) bond motifs is 2. The number of aromatic nitrogens is 1. The van der Waals surface area contributed by atoms with Crippen LogP contribution in [0.2, 0.25) is 0 Å². The number of rotatable bonds is 5. The highest BCUT2D eigenvalue weighted by Crippen LogP contribution is 2.31. The standard InChI is InChI=1S/C26H24N2O2/c29-26(20-14-19-10-4-7-13-25(19)30-17-20)28-15-22(18-8-2-1-3-9-18)23-16-27-24-12-6-5-11-21(23)24/h1-13,16,20,22,27H,14-15,17H2,(H,28,29)/t20-,22+/m0/s1. The molecule has 1 aliphatic rings. The van der Waals surface area contributed by atoms with E-state index in [1.807, 2.05) is 48.5 Å². The quantitative estimate of drug-likeness (QED) is 0.515. The summed E-state index contributed by atoms with van der Waals surface area (Å²) in [6.45, 7) is 0.967. The molecule has 5 rings (SSSR count). The van der Waals surface area contributed by atoms with Gasteiger partial charge in [-0.2, -0.15) is 0 Å². The first-order valence-corrected chi connectivity index (χ1v) is 10.4. The lowest BCUT2D eigenvalue weighted by atomic mass is 9.90. The molecule has 0 spiro atoms. The van der Waals surface area contributed by atoms with Crippen LogP contribution in [0.15, 0.2) is 85.1 Å². The molecule has 0 bridgehead atoms. The number of hydrogen-bond acceptors (Lipinski definition) is 2. The predicted molar refractivity (Wildman–Crippen MR) is 119 cm³/mol. The Bertz CT molecular complexity index is 1170. The molecule has 150 valence electrons. The van der Waals surface area contributed by atoms with Crippen molar-refractivity contribution >= 4 is 16.8 Å². The molecule has 2 heterocycles. The number of para-hydroxylation sites is 2. The van der Waals surface area contributed by atoms with Gasteiger partial charge in [0.25, 0.3) is 0 Å². The minimum atomic E-state index is -0.167. The summed E-state index contributed by atoms with van der Waals surface area (Å²) in [5.74, 6) is 0.843. The zero-order valence-electron chi connectivity index (χ0n) is 16.7. The maximum atomic E-state index is 13.0. The fourth-order valence-electron chi connectivity index (χ4n) is 4.32. The first-order chi connectivity index (χ1) is 14.8. The van der Waals surface area contributed by atoms with Crippen LogP contribution in [-0.4, -0.2) is 24.0 Å². The van der Waals surface area contributed by atoms with Crippen LogP contribution in [0.25, 0.3) is 10.9 Å². The molecule has 0 radical (unpaired) electrons. The lowest BCUT2D eigenvalue weighted by Crippen LogP contribution is -2.39. The van der Waals surface area contributed by atoms with Crippen molar-refractivity contribution in [2.45, 2.75) is 12.3 Å². The Labute approximate surface area is 175 Å². The number of nitrogens with one attached hydrogen (secondary N) is 2. The van der Waals surface area contributed by atoms with Crippen LogP contribution in [0, 0.1) is 5.92 Å². The summed E-state index contributed by atoms with van der Waals surface area (Å²) in [7, 11) is 0. The van der Waals surface area contributed by atoms with Gasteiger partial charge in [0.2, 0.25) is 5.91 Å². The zero-order valence-corrected chi connectivity index (χ0v) is 16.7. The third-order valence-corrected chi connectivity index (χ3v) is 5.93. The predicted octanol–water partition coefficient (Wildman–Crippen LogP) is 4.67. The van der Waals surface area contributed by atoms with E-state index < -0.39 is 0 Å². The van der Waals surface area contributed by atoms with Gasteiger partial charge >= 0.3 is 0 Å². The van der Waals surface area contributed by atoms with Gasteiger partial charge in [0.1, 0.15) is 12.4 Å². The number of carbonyl (C=O) groups excluding carboxylic acids is 1. The average molecular weight is 396 g/mol. The Morgan fingerprint density at radius 3 is 2.67 bits per heavy atom. The van der Waals surface area contributed by atoms with E-state index in [9.17, 15) is 4.79 Å². The van der Waals surface area contributed by atoms with E-state index in [0.717, 1.165) is 16.8 Å². The molecule has 2 N–H and O–H groups in total. The highest BCUT2D eigenvalue weighted by atomic mass is 16.5. The maximum Gasteiger partial charge on any atom is 0.226 e. The van der Waals surface area contributed by atoms with Crippen molar-refractivity contribution in [1.82, 2.24) is 10.3 Å². The number of hydrogen-bond donors (Lipinski definition) is 2. The van der Waals surface area contributed by atoms with Gasteiger partial charge in [-0.05, 0) is 35.2 Å². The lowest BCUT2D eigenvalue weighted by molar-refractivity contribution is -0.126. The monoisotopic (exact) mass is 396 g/mol. The Morgan fingerprint density at radius 2 is 1.77 bits per heavy atom. The molecule has 1 amide bonds. The van der Waals surface area contributed by atoms with E-state index in [4.69, 9.17) is 4.74 Å².